The fraction of sp³-hybridized carbons (Fsp3) is 0.500. The molecule has 2 amide bonds. The Morgan fingerprint density at radius 3 is 2.94 bits per heavy atom. The van der Waals surface area contributed by atoms with Crippen LogP contribution in [0.3, 0.4) is 0 Å². The van der Waals surface area contributed by atoms with E-state index in [0.29, 0.717) is 17.4 Å². The van der Waals surface area contributed by atoms with Crippen LogP contribution in [0.15, 0.2) is 18.3 Å². The molecule has 0 saturated carbocycles. The van der Waals surface area contributed by atoms with Crippen molar-refractivity contribution in [2.45, 2.75) is 32.6 Å². The molecule has 1 aromatic heterocycles. The highest BCUT2D eigenvalue weighted by Crippen LogP contribution is 2.11. The van der Waals surface area contributed by atoms with Gasteiger partial charge in [0.25, 0.3) is 0 Å². The predicted molar refractivity (Wildman–Crippen MR) is 70.4 cm³/mol. The van der Waals surface area contributed by atoms with E-state index >= 15 is 0 Å². The van der Waals surface area contributed by atoms with Crippen LogP contribution in [-0.4, -0.2) is 17.6 Å². The summed E-state index contributed by atoms with van der Waals surface area (Å²) in [4.78, 5) is 15.3. The van der Waals surface area contributed by atoms with Crippen molar-refractivity contribution in [1.82, 2.24) is 10.3 Å². The van der Waals surface area contributed by atoms with Crippen molar-refractivity contribution < 1.29 is 4.79 Å². The summed E-state index contributed by atoms with van der Waals surface area (Å²) in [5.41, 5.74) is 0.649. The Bertz CT molecular complexity index is 357. The average Bonchev–Trinajstić information content (AvgIpc) is 2.29. The van der Waals surface area contributed by atoms with Crippen molar-refractivity contribution >= 4 is 23.3 Å². The first kappa shape index (κ1) is 13.8. The Kier molecular flexibility index (Phi) is 6.40. The zero-order chi connectivity index (χ0) is 12.5. The lowest BCUT2D eigenvalue weighted by atomic mass is 10.2. The van der Waals surface area contributed by atoms with Crippen molar-refractivity contribution in [3.63, 3.8) is 0 Å². The molecule has 0 spiro atoms. The van der Waals surface area contributed by atoms with Gasteiger partial charge in [0, 0.05) is 18.4 Å². The molecular formula is C12H18ClN3O. The highest BCUT2D eigenvalue weighted by atomic mass is 35.5. The molecule has 4 nitrogen and oxygen atoms in total. The van der Waals surface area contributed by atoms with Crippen LogP contribution in [0, 0.1) is 0 Å². The number of unbranched alkanes of at least 4 members (excludes halogenated alkanes) is 3. The lowest BCUT2D eigenvalue weighted by Crippen LogP contribution is -2.29. The van der Waals surface area contributed by atoms with E-state index in [2.05, 4.69) is 22.5 Å². The molecule has 0 aliphatic heterocycles. The van der Waals surface area contributed by atoms with Gasteiger partial charge in [0.15, 0.2) is 0 Å². The van der Waals surface area contributed by atoms with E-state index in [1.807, 2.05) is 0 Å². The third-order valence-electron chi connectivity index (χ3n) is 2.30. The van der Waals surface area contributed by atoms with Crippen molar-refractivity contribution in [2.24, 2.45) is 0 Å². The molecule has 0 atom stereocenters. The fourth-order valence-electron chi connectivity index (χ4n) is 1.41. The summed E-state index contributed by atoms with van der Waals surface area (Å²) in [6, 6.07) is 3.10. The minimum Gasteiger partial charge on any atom is -0.338 e. The normalized spacial score (nSPS) is 10.0. The monoisotopic (exact) mass is 255 g/mol. The molecular weight excluding hydrogens is 238 g/mol. The molecule has 0 saturated heterocycles. The number of rotatable bonds is 6. The summed E-state index contributed by atoms with van der Waals surface area (Å²) in [5, 5.41) is 5.86. The first-order chi connectivity index (χ1) is 8.22. The maximum atomic E-state index is 11.5. The second-order valence-corrected chi connectivity index (χ2v) is 4.20. The number of nitrogens with zero attached hydrogens (tertiary/aromatic N) is 1. The predicted octanol–water partition coefficient (Wildman–Crippen LogP) is 3.44. The number of nitrogens with one attached hydrogen (secondary N) is 2. The molecule has 1 rings (SSSR count). The van der Waals surface area contributed by atoms with Crippen molar-refractivity contribution in [2.75, 3.05) is 11.9 Å². The van der Waals surface area contributed by atoms with Crippen LogP contribution in [0.4, 0.5) is 10.5 Å². The molecule has 1 aromatic rings. The van der Waals surface area contributed by atoms with Crippen LogP contribution in [0.25, 0.3) is 0 Å². The summed E-state index contributed by atoms with van der Waals surface area (Å²) in [5.74, 6) is 0. The number of hydrogen-bond donors (Lipinski definition) is 2. The number of anilines is 1. The summed E-state index contributed by atoms with van der Waals surface area (Å²) in [6.07, 6.45) is 6.13. The van der Waals surface area contributed by atoms with Crippen LogP contribution in [0.1, 0.15) is 32.6 Å². The minimum atomic E-state index is -0.205. The van der Waals surface area contributed by atoms with E-state index in [1.165, 1.54) is 12.8 Å². The maximum Gasteiger partial charge on any atom is 0.319 e. The van der Waals surface area contributed by atoms with Gasteiger partial charge in [-0.25, -0.2) is 9.78 Å². The number of urea groups is 1. The minimum absolute atomic E-state index is 0.205. The van der Waals surface area contributed by atoms with Crippen LogP contribution < -0.4 is 10.6 Å². The smallest absolute Gasteiger partial charge is 0.319 e. The summed E-state index contributed by atoms with van der Waals surface area (Å²) in [6.45, 7) is 2.86. The third-order valence-corrected chi connectivity index (χ3v) is 2.51. The Labute approximate surface area is 107 Å². The quantitative estimate of drug-likeness (QED) is 0.604. The second kappa shape index (κ2) is 7.90. The number of aromatic nitrogens is 1. The Hall–Kier alpha value is -1.29. The maximum absolute atomic E-state index is 11.5. The first-order valence-electron chi connectivity index (χ1n) is 5.88. The third kappa shape index (κ3) is 6.12. The fourth-order valence-corrected chi connectivity index (χ4v) is 1.58. The number of amides is 2. The van der Waals surface area contributed by atoms with Gasteiger partial charge >= 0.3 is 6.03 Å². The van der Waals surface area contributed by atoms with Gasteiger partial charge in [0.2, 0.25) is 0 Å². The molecule has 0 aromatic carbocycles. The molecule has 0 fully saturated rings. The summed E-state index contributed by atoms with van der Waals surface area (Å²) in [7, 11) is 0. The molecule has 5 heteroatoms. The van der Waals surface area contributed by atoms with Crippen LogP contribution >= 0.6 is 11.6 Å². The topological polar surface area (TPSA) is 54.0 Å². The highest BCUT2D eigenvalue weighted by Gasteiger charge is 2.01. The lowest BCUT2D eigenvalue weighted by Gasteiger charge is -2.07. The number of pyridine rings is 1. The molecule has 0 aliphatic rings. The van der Waals surface area contributed by atoms with Gasteiger partial charge in [-0.15, -0.1) is 0 Å². The number of carbonyl (C=O) groups excluding carboxylic acids is 1. The molecule has 0 bridgehead atoms. The molecule has 1 heterocycles. The highest BCUT2D eigenvalue weighted by molar-refractivity contribution is 6.29. The van der Waals surface area contributed by atoms with Gasteiger partial charge in [-0.05, 0) is 18.6 Å². The zero-order valence-electron chi connectivity index (χ0n) is 10.0. The number of halogens is 1. The Morgan fingerprint density at radius 2 is 2.24 bits per heavy atom. The molecule has 17 heavy (non-hydrogen) atoms. The second-order valence-electron chi connectivity index (χ2n) is 3.81. The van der Waals surface area contributed by atoms with Crippen molar-refractivity contribution in [3.05, 3.63) is 23.5 Å². The number of hydrogen-bond acceptors (Lipinski definition) is 2. The SMILES string of the molecule is CCCCCCNC(=O)Nc1ccnc(Cl)c1. The van der Waals surface area contributed by atoms with Gasteiger partial charge in [-0.3, -0.25) is 0 Å². The standard InChI is InChI=1S/C12H18ClN3O/c1-2-3-4-5-7-15-12(17)16-10-6-8-14-11(13)9-10/h6,8-9H,2-5,7H2,1H3,(H2,14,15,16,17). The molecule has 2 N–H and O–H groups in total. The van der Waals surface area contributed by atoms with Gasteiger partial charge in [-0.1, -0.05) is 37.8 Å². The first-order valence-corrected chi connectivity index (χ1v) is 6.26. The van der Waals surface area contributed by atoms with Crippen LogP contribution in [-0.2, 0) is 0 Å². The summed E-state index contributed by atoms with van der Waals surface area (Å²) >= 11 is 5.71. The molecule has 0 unspecified atom stereocenters. The van der Waals surface area contributed by atoms with E-state index in [-0.39, 0.29) is 6.03 Å². The van der Waals surface area contributed by atoms with E-state index in [4.69, 9.17) is 11.6 Å². The molecule has 0 radical (unpaired) electrons. The van der Waals surface area contributed by atoms with E-state index < -0.39 is 0 Å². The molecule has 94 valence electrons. The lowest BCUT2D eigenvalue weighted by molar-refractivity contribution is 0.252. The number of carbonyl (C=O) groups is 1. The Balaban J connectivity index is 2.21. The average molecular weight is 256 g/mol. The molecule has 0 aliphatic carbocycles. The van der Waals surface area contributed by atoms with E-state index in [0.717, 1.165) is 12.8 Å². The van der Waals surface area contributed by atoms with Crippen LogP contribution in [0.2, 0.25) is 5.15 Å². The largest absolute Gasteiger partial charge is 0.338 e. The van der Waals surface area contributed by atoms with Crippen LogP contribution in [0.5, 0.6) is 0 Å². The Morgan fingerprint density at radius 1 is 1.41 bits per heavy atom. The van der Waals surface area contributed by atoms with Gasteiger partial charge in [0.05, 0.1) is 0 Å². The van der Waals surface area contributed by atoms with E-state index in [9.17, 15) is 4.79 Å². The van der Waals surface area contributed by atoms with Gasteiger partial charge < -0.3 is 10.6 Å². The van der Waals surface area contributed by atoms with Gasteiger partial charge in [-0.2, -0.15) is 0 Å². The van der Waals surface area contributed by atoms with Gasteiger partial charge in [0.1, 0.15) is 5.15 Å². The van der Waals surface area contributed by atoms with Crippen molar-refractivity contribution in [1.29, 1.82) is 0 Å². The van der Waals surface area contributed by atoms with E-state index in [1.54, 1.807) is 18.3 Å². The zero-order valence-corrected chi connectivity index (χ0v) is 10.8. The van der Waals surface area contributed by atoms with Crippen molar-refractivity contribution in [3.8, 4) is 0 Å². The summed E-state index contributed by atoms with van der Waals surface area (Å²) < 4.78 is 0.